The van der Waals surface area contributed by atoms with Gasteiger partial charge in [0.2, 0.25) is 5.91 Å². The second kappa shape index (κ2) is 8.83. The lowest BCUT2D eigenvalue weighted by molar-refractivity contribution is -0.123. The molecule has 1 saturated heterocycles. The molecule has 2 aromatic rings. The minimum Gasteiger partial charge on any atom is -0.454 e. The van der Waals surface area contributed by atoms with Crippen LogP contribution in [-0.2, 0) is 4.79 Å². The molecule has 4 nitrogen and oxygen atoms in total. The summed E-state index contributed by atoms with van der Waals surface area (Å²) in [5.74, 6) is 0.264. The van der Waals surface area contributed by atoms with Crippen molar-refractivity contribution in [2.45, 2.75) is 31.8 Å². The number of para-hydroxylation sites is 1. The summed E-state index contributed by atoms with van der Waals surface area (Å²) >= 11 is 0. The van der Waals surface area contributed by atoms with Crippen LogP contribution in [0.15, 0.2) is 48.5 Å². The molecule has 0 aliphatic carbocycles. The number of hydrogen-bond acceptors (Lipinski definition) is 3. The van der Waals surface area contributed by atoms with E-state index in [9.17, 15) is 9.18 Å². The lowest BCUT2D eigenvalue weighted by atomic mass is 10.1. The molecule has 0 radical (unpaired) electrons. The Morgan fingerprint density at radius 1 is 1.28 bits per heavy atom. The lowest BCUT2D eigenvalue weighted by Crippen LogP contribution is -2.41. The number of rotatable bonds is 5. The van der Waals surface area contributed by atoms with Gasteiger partial charge in [-0.1, -0.05) is 24.3 Å². The molecule has 1 heterocycles. The maximum Gasteiger partial charge on any atom is 0.237 e. The first kappa shape index (κ1) is 19.2. The van der Waals surface area contributed by atoms with Crippen molar-refractivity contribution in [3.63, 3.8) is 0 Å². The van der Waals surface area contributed by atoms with Crippen molar-refractivity contribution in [3.8, 4) is 11.5 Å². The molecule has 134 valence electrons. The Labute approximate surface area is 153 Å². The summed E-state index contributed by atoms with van der Waals surface area (Å²) in [6.07, 6.45) is 1.85. The second-order valence-electron chi connectivity index (χ2n) is 5.98. The van der Waals surface area contributed by atoms with E-state index in [0.717, 1.165) is 19.4 Å². The fraction of sp³-hybridized carbons (Fsp3) is 0.316. The van der Waals surface area contributed by atoms with E-state index < -0.39 is 5.82 Å². The van der Waals surface area contributed by atoms with E-state index in [1.54, 1.807) is 24.3 Å². The van der Waals surface area contributed by atoms with Gasteiger partial charge in [-0.05, 0) is 56.1 Å². The summed E-state index contributed by atoms with van der Waals surface area (Å²) in [7, 11) is 0. The van der Waals surface area contributed by atoms with Gasteiger partial charge in [0.25, 0.3) is 0 Å². The number of carbonyl (C=O) groups excluding carboxylic acids is 1. The van der Waals surface area contributed by atoms with Crippen molar-refractivity contribution < 1.29 is 13.9 Å². The molecule has 1 aliphatic rings. The molecular formula is C19H22ClFN2O2. The highest BCUT2D eigenvalue weighted by Crippen LogP contribution is 2.26. The molecule has 25 heavy (non-hydrogen) atoms. The van der Waals surface area contributed by atoms with Crippen LogP contribution >= 0.6 is 12.4 Å². The third-order valence-corrected chi connectivity index (χ3v) is 4.16. The fourth-order valence-electron chi connectivity index (χ4n) is 2.79. The van der Waals surface area contributed by atoms with E-state index >= 15 is 0 Å². The third kappa shape index (κ3) is 4.94. The molecule has 2 atom stereocenters. The van der Waals surface area contributed by atoms with Crippen molar-refractivity contribution >= 4 is 18.3 Å². The van der Waals surface area contributed by atoms with Gasteiger partial charge in [0.1, 0.15) is 5.75 Å². The summed E-state index contributed by atoms with van der Waals surface area (Å²) in [6.45, 7) is 2.71. The number of halogens is 2. The maximum atomic E-state index is 14.3. The van der Waals surface area contributed by atoms with Gasteiger partial charge >= 0.3 is 0 Å². The summed E-state index contributed by atoms with van der Waals surface area (Å²) in [6, 6.07) is 13.4. The van der Waals surface area contributed by atoms with Gasteiger partial charge in [0.05, 0.1) is 12.1 Å². The van der Waals surface area contributed by atoms with Crippen LogP contribution < -0.4 is 15.4 Å². The van der Waals surface area contributed by atoms with Gasteiger partial charge in [-0.3, -0.25) is 4.79 Å². The SMILES string of the molecule is CC(NC(=O)C1CCCN1)c1ccc(Oc2ccccc2)c(F)c1.Cl. The topological polar surface area (TPSA) is 50.4 Å². The zero-order valence-electron chi connectivity index (χ0n) is 14.0. The van der Waals surface area contributed by atoms with Crippen LogP contribution in [0, 0.1) is 5.82 Å². The average Bonchev–Trinajstić information content (AvgIpc) is 3.12. The van der Waals surface area contributed by atoms with Crippen molar-refractivity contribution in [1.29, 1.82) is 0 Å². The number of ether oxygens (including phenoxy) is 1. The standard InChI is InChI=1S/C19H21FN2O2.ClH/c1-13(22-19(23)17-8-5-11-21-17)14-9-10-18(16(20)12-14)24-15-6-3-2-4-7-15;/h2-4,6-7,9-10,12-13,17,21H,5,8,11H2,1H3,(H,22,23);1H. The molecule has 1 fully saturated rings. The first-order valence-corrected chi connectivity index (χ1v) is 8.19. The Kier molecular flexibility index (Phi) is 6.79. The van der Waals surface area contributed by atoms with Crippen molar-refractivity contribution in [2.24, 2.45) is 0 Å². The first-order chi connectivity index (χ1) is 11.6. The van der Waals surface area contributed by atoms with Gasteiger partial charge in [-0.2, -0.15) is 0 Å². The molecule has 1 aliphatic heterocycles. The monoisotopic (exact) mass is 364 g/mol. The summed E-state index contributed by atoms with van der Waals surface area (Å²) in [4.78, 5) is 12.1. The van der Waals surface area contributed by atoms with Gasteiger partial charge in [-0.15, -0.1) is 12.4 Å². The van der Waals surface area contributed by atoms with E-state index in [2.05, 4.69) is 10.6 Å². The molecule has 6 heteroatoms. The minimum atomic E-state index is -0.448. The van der Waals surface area contributed by atoms with E-state index in [0.29, 0.717) is 11.3 Å². The van der Waals surface area contributed by atoms with Crippen LogP contribution in [0.2, 0.25) is 0 Å². The van der Waals surface area contributed by atoms with Gasteiger partial charge in [0.15, 0.2) is 11.6 Å². The normalized spacial score (nSPS) is 17.4. The van der Waals surface area contributed by atoms with E-state index in [4.69, 9.17) is 4.74 Å². The van der Waals surface area contributed by atoms with Crippen molar-refractivity contribution in [1.82, 2.24) is 10.6 Å². The number of benzene rings is 2. The summed E-state index contributed by atoms with van der Waals surface area (Å²) in [5, 5.41) is 6.08. The highest BCUT2D eigenvalue weighted by atomic mass is 35.5. The quantitative estimate of drug-likeness (QED) is 0.844. The van der Waals surface area contributed by atoms with Crippen molar-refractivity contribution in [2.75, 3.05) is 6.54 Å². The van der Waals surface area contributed by atoms with Gasteiger partial charge < -0.3 is 15.4 Å². The van der Waals surface area contributed by atoms with Crippen LogP contribution in [0.4, 0.5) is 4.39 Å². The zero-order chi connectivity index (χ0) is 16.9. The summed E-state index contributed by atoms with van der Waals surface area (Å²) in [5.41, 5.74) is 0.708. The largest absolute Gasteiger partial charge is 0.454 e. The highest BCUT2D eigenvalue weighted by molar-refractivity contribution is 5.85. The second-order valence-corrected chi connectivity index (χ2v) is 5.98. The molecule has 2 aromatic carbocycles. The predicted octanol–water partition coefficient (Wildman–Crippen LogP) is 3.97. The third-order valence-electron chi connectivity index (χ3n) is 4.16. The first-order valence-electron chi connectivity index (χ1n) is 8.19. The fourth-order valence-corrected chi connectivity index (χ4v) is 2.79. The zero-order valence-corrected chi connectivity index (χ0v) is 14.8. The van der Waals surface area contributed by atoms with Gasteiger partial charge in [0, 0.05) is 0 Å². The van der Waals surface area contributed by atoms with E-state index in [-0.39, 0.29) is 36.1 Å². The Hall–Kier alpha value is -2.11. The Balaban J connectivity index is 0.00000225. The van der Waals surface area contributed by atoms with Crippen LogP contribution in [0.5, 0.6) is 11.5 Å². The van der Waals surface area contributed by atoms with Crippen LogP contribution in [0.1, 0.15) is 31.4 Å². The molecule has 0 spiro atoms. The van der Waals surface area contributed by atoms with Crippen molar-refractivity contribution in [3.05, 3.63) is 59.9 Å². The molecular weight excluding hydrogens is 343 g/mol. The molecule has 3 rings (SSSR count). The molecule has 1 amide bonds. The van der Waals surface area contributed by atoms with E-state index in [1.165, 1.54) is 6.07 Å². The highest BCUT2D eigenvalue weighted by Gasteiger charge is 2.23. The number of nitrogens with one attached hydrogen (secondary N) is 2. The Morgan fingerprint density at radius 3 is 2.68 bits per heavy atom. The molecule has 2 N–H and O–H groups in total. The van der Waals surface area contributed by atoms with Crippen LogP contribution in [0.25, 0.3) is 0 Å². The minimum absolute atomic E-state index is 0. The number of carbonyl (C=O) groups is 1. The van der Waals surface area contributed by atoms with E-state index in [1.807, 2.05) is 25.1 Å². The van der Waals surface area contributed by atoms with Gasteiger partial charge in [-0.25, -0.2) is 4.39 Å². The van der Waals surface area contributed by atoms with Crippen LogP contribution in [0.3, 0.4) is 0 Å². The number of hydrogen-bond donors (Lipinski definition) is 2. The molecule has 0 aromatic heterocycles. The molecule has 2 unspecified atom stereocenters. The maximum absolute atomic E-state index is 14.3. The smallest absolute Gasteiger partial charge is 0.237 e. The predicted molar refractivity (Wildman–Crippen MR) is 97.7 cm³/mol. The van der Waals surface area contributed by atoms with Crippen LogP contribution in [-0.4, -0.2) is 18.5 Å². The molecule has 0 saturated carbocycles. The average molecular weight is 365 g/mol. The Bertz CT molecular complexity index is 706. The molecule has 0 bridgehead atoms. The number of amides is 1. The Morgan fingerprint density at radius 2 is 2.04 bits per heavy atom. The lowest BCUT2D eigenvalue weighted by Gasteiger charge is -2.18. The summed E-state index contributed by atoms with van der Waals surface area (Å²) < 4.78 is 19.8.